The van der Waals surface area contributed by atoms with Gasteiger partial charge in [0.25, 0.3) is 0 Å². The first-order chi connectivity index (χ1) is 7.20. The Labute approximate surface area is 94.0 Å². The highest BCUT2D eigenvalue weighted by Crippen LogP contribution is 2.32. The molecule has 1 aromatic rings. The molecule has 1 aliphatic rings. The molecule has 0 amide bonds. The van der Waals surface area contributed by atoms with Crippen molar-refractivity contribution in [1.82, 2.24) is 9.59 Å². The molecular weight excluding hydrogens is 210 g/mol. The molecule has 2 atom stereocenters. The molecule has 1 aliphatic heterocycles. The molecule has 4 nitrogen and oxygen atoms in total. The van der Waals surface area contributed by atoms with E-state index in [0.29, 0.717) is 11.8 Å². The lowest BCUT2D eigenvalue weighted by Gasteiger charge is -2.17. The van der Waals surface area contributed by atoms with E-state index in [9.17, 15) is 0 Å². The van der Waals surface area contributed by atoms with E-state index >= 15 is 0 Å². The van der Waals surface area contributed by atoms with Crippen LogP contribution >= 0.6 is 11.5 Å². The van der Waals surface area contributed by atoms with Crippen LogP contribution in [0.5, 0.6) is 0 Å². The zero-order valence-corrected chi connectivity index (χ0v) is 9.96. The van der Waals surface area contributed by atoms with Crippen LogP contribution in [-0.4, -0.2) is 22.8 Å². The van der Waals surface area contributed by atoms with Crippen molar-refractivity contribution < 1.29 is 4.74 Å². The Balaban J connectivity index is 2.16. The van der Waals surface area contributed by atoms with Crippen LogP contribution in [0.2, 0.25) is 0 Å². The molecule has 84 valence electrons. The molecule has 0 aromatic carbocycles. The minimum absolute atomic E-state index is 0.0462. The lowest BCUT2D eigenvalue weighted by Crippen LogP contribution is -2.22. The number of hydrogen-bond acceptors (Lipinski definition) is 5. The Bertz CT molecular complexity index is 320. The quantitative estimate of drug-likeness (QED) is 0.853. The van der Waals surface area contributed by atoms with Gasteiger partial charge in [-0.05, 0) is 23.9 Å². The Morgan fingerprint density at radius 3 is 2.93 bits per heavy atom. The average Bonchev–Trinajstić information content (AvgIpc) is 2.88. The Hall–Kier alpha value is -0.520. The van der Waals surface area contributed by atoms with E-state index in [1.54, 1.807) is 0 Å². The van der Waals surface area contributed by atoms with Crippen molar-refractivity contribution in [2.45, 2.75) is 32.2 Å². The molecule has 0 bridgehead atoms. The van der Waals surface area contributed by atoms with E-state index in [-0.39, 0.29) is 6.04 Å². The highest BCUT2D eigenvalue weighted by molar-refractivity contribution is 7.05. The van der Waals surface area contributed by atoms with Gasteiger partial charge < -0.3 is 10.5 Å². The highest BCUT2D eigenvalue weighted by Gasteiger charge is 2.28. The first-order valence-corrected chi connectivity index (χ1v) is 6.13. The second-order valence-electron chi connectivity index (χ2n) is 4.33. The summed E-state index contributed by atoms with van der Waals surface area (Å²) in [5.41, 5.74) is 7.29. The van der Waals surface area contributed by atoms with Gasteiger partial charge in [0.1, 0.15) is 0 Å². The fraction of sp³-hybridized carbons (Fsp3) is 0.800. The molecule has 0 aliphatic carbocycles. The third kappa shape index (κ3) is 2.19. The topological polar surface area (TPSA) is 61.0 Å². The lowest BCUT2D eigenvalue weighted by atomic mass is 9.95. The predicted molar refractivity (Wildman–Crippen MR) is 59.9 cm³/mol. The van der Waals surface area contributed by atoms with Crippen molar-refractivity contribution in [3.8, 4) is 0 Å². The molecule has 2 unspecified atom stereocenters. The fourth-order valence-corrected chi connectivity index (χ4v) is 2.79. The van der Waals surface area contributed by atoms with E-state index in [2.05, 4.69) is 23.4 Å². The molecular formula is C10H17N3OS. The van der Waals surface area contributed by atoms with Crippen LogP contribution in [0.4, 0.5) is 0 Å². The van der Waals surface area contributed by atoms with Crippen LogP contribution in [0.25, 0.3) is 0 Å². The van der Waals surface area contributed by atoms with Gasteiger partial charge in [0.05, 0.1) is 17.2 Å². The van der Waals surface area contributed by atoms with Crippen molar-refractivity contribution >= 4 is 11.5 Å². The highest BCUT2D eigenvalue weighted by atomic mass is 32.1. The van der Waals surface area contributed by atoms with Gasteiger partial charge in [-0.1, -0.05) is 18.3 Å². The van der Waals surface area contributed by atoms with Crippen molar-refractivity contribution in [1.29, 1.82) is 0 Å². The number of rotatable bonds is 3. The summed E-state index contributed by atoms with van der Waals surface area (Å²) in [7, 11) is 0. The standard InChI is InChI=1S/C10H17N3OS/c1-6(2)9-10(15-13-12-9)8(11)7-3-4-14-5-7/h6-8H,3-5,11H2,1-2H3. The minimum atomic E-state index is 0.0462. The average molecular weight is 227 g/mol. The van der Waals surface area contributed by atoms with Gasteiger partial charge in [-0.2, -0.15) is 0 Å². The number of nitrogens with two attached hydrogens (primary N) is 1. The Morgan fingerprint density at radius 1 is 1.53 bits per heavy atom. The molecule has 5 heteroatoms. The van der Waals surface area contributed by atoms with Gasteiger partial charge in [0.15, 0.2) is 0 Å². The van der Waals surface area contributed by atoms with Gasteiger partial charge in [-0.25, -0.2) is 0 Å². The SMILES string of the molecule is CC(C)c1nnsc1C(N)C1CCOC1. The summed E-state index contributed by atoms with van der Waals surface area (Å²) in [6.45, 7) is 5.86. The summed E-state index contributed by atoms with van der Waals surface area (Å²) < 4.78 is 9.37. The lowest BCUT2D eigenvalue weighted by molar-refractivity contribution is 0.181. The molecule has 2 N–H and O–H groups in total. The summed E-state index contributed by atoms with van der Waals surface area (Å²) in [5.74, 6) is 0.830. The van der Waals surface area contributed by atoms with Crippen LogP contribution in [0.15, 0.2) is 0 Å². The third-order valence-electron chi connectivity index (χ3n) is 2.86. The summed E-state index contributed by atoms with van der Waals surface area (Å²) in [4.78, 5) is 1.14. The maximum Gasteiger partial charge on any atom is 0.0829 e. The van der Waals surface area contributed by atoms with E-state index in [1.807, 2.05) is 0 Å². The first-order valence-electron chi connectivity index (χ1n) is 5.35. The number of ether oxygens (including phenoxy) is 1. The zero-order chi connectivity index (χ0) is 10.8. The number of nitrogens with zero attached hydrogens (tertiary/aromatic N) is 2. The van der Waals surface area contributed by atoms with Crippen LogP contribution in [-0.2, 0) is 4.74 Å². The molecule has 0 radical (unpaired) electrons. The van der Waals surface area contributed by atoms with Gasteiger partial charge in [-0.3, -0.25) is 0 Å². The molecule has 1 saturated heterocycles. The van der Waals surface area contributed by atoms with Crippen molar-refractivity contribution in [3.05, 3.63) is 10.6 Å². The second kappa shape index (κ2) is 4.55. The Morgan fingerprint density at radius 2 is 2.33 bits per heavy atom. The fourth-order valence-electron chi connectivity index (χ4n) is 1.89. The number of aromatic nitrogens is 2. The van der Waals surface area contributed by atoms with Crippen molar-refractivity contribution in [2.75, 3.05) is 13.2 Å². The molecule has 2 heterocycles. The molecule has 2 rings (SSSR count). The van der Waals surface area contributed by atoms with Gasteiger partial charge in [0, 0.05) is 18.6 Å². The predicted octanol–water partition coefficient (Wildman–Crippen LogP) is 1.70. The van der Waals surface area contributed by atoms with Gasteiger partial charge in [-0.15, -0.1) is 5.10 Å². The van der Waals surface area contributed by atoms with E-state index in [0.717, 1.165) is 30.2 Å². The summed E-state index contributed by atoms with van der Waals surface area (Å²) in [6.07, 6.45) is 1.05. The van der Waals surface area contributed by atoms with E-state index < -0.39 is 0 Å². The monoisotopic (exact) mass is 227 g/mol. The molecule has 0 saturated carbocycles. The van der Waals surface area contributed by atoms with Crippen LogP contribution in [0.3, 0.4) is 0 Å². The Kier molecular flexibility index (Phi) is 3.33. The first kappa shape index (κ1) is 11.0. The summed E-state index contributed by atoms with van der Waals surface area (Å²) in [5, 5.41) is 4.16. The van der Waals surface area contributed by atoms with Crippen molar-refractivity contribution in [3.63, 3.8) is 0 Å². The largest absolute Gasteiger partial charge is 0.381 e. The van der Waals surface area contributed by atoms with Crippen molar-refractivity contribution in [2.24, 2.45) is 11.7 Å². The smallest absolute Gasteiger partial charge is 0.0829 e. The third-order valence-corrected chi connectivity index (χ3v) is 3.70. The van der Waals surface area contributed by atoms with E-state index in [1.165, 1.54) is 11.5 Å². The molecule has 1 aromatic heterocycles. The maximum atomic E-state index is 6.23. The summed E-state index contributed by atoms with van der Waals surface area (Å²) in [6, 6.07) is 0.0462. The second-order valence-corrected chi connectivity index (χ2v) is 5.11. The van der Waals surface area contributed by atoms with Gasteiger partial charge in [0.2, 0.25) is 0 Å². The molecule has 1 fully saturated rings. The minimum Gasteiger partial charge on any atom is -0.381 e. The van der Waals surface area contributed by atoms with Crippen LogP contribution in [0, 0.1) is 5.92 Å². The van der Waals surface area contributed by atoms with Crippen LogP contribution < -0.4 is 5.73 Å². The van der Waals surface area contributed by atoms with E-state index in [4.69, 9.17) is 10.5 Å². The van der Waals surface area contributed by atoms with Crippen LogP contribution in [0.1, 0.15) is 42.8 Å². The molecule has 0 spiro atoms. The maximum absolute atomic E-state index is 6.23. The zero-order valence-electron chi connectivity index (χ0n) is 9.14. The summed E-state index contributed by atoms with van der Waals surface area (Å²) >= 11 is 1.43. The normalized spacial score (nSPS) is 23.6. The number of hydrogen-bond donors (Lipinski definition) is 1. The molecule has 15 heavy (non-hydrogen) atoms. The van der Waals surface area contributed by atoms with Gasteiger partial charge >= 0.3 is 0 Å².